The summed E-state index contributed by atoms with van der Waals surface area (Å²) in [5, 5.41) is 3.19. The number of anilines is 1. The van der Waals surface area contributed by atoms with Crippen molar-refractivity contribution in [2.45, 2.75) is 24.7 Å². The van der Waals surface area contributed by atoms with Gasteiger partial charge < -0.3 is 15.0 Å². The fourth-order valence-electron chi connectivity index (χ4n) is 5.98. The zero-order chi connectivity index (χ0) is 21.5. The van der Waals surface area contributed by atoms with Crippen molar-refractivity contribution in [2.24, 2.45) is 5.92 Å². The van der Waals surface area contributed by atoms with Gasteiger partial charge in [0.2, 0.25) is 5.91 Å². The standard InChI is InChI=1S/C28H28N2O2/c31-27-28(22-6-2-1-3-7-22,24-8-4-5-9-25(24)29-27)23-13-16-30(19-23)15-12-20-10-11-26-21(18-20)14-17-32-26/h1-11,18,23H,12-17,19H2,(H,29,31)/t23-,28?/m1/s1. The minimum absolute atomic E-state index is 0.121. The van der Waals surface area contributed by atoms with Crippen LogP contribution >= 0.6 is 0 Å². The molecule has 162 valence electrons. The van der Waals surface area contributed by atoms with Gasteiger partial charge in [-0.2, -0.15) is 0 Å². The minimum atomic E-state index is -0.614. The summed E-state index contributed by atoms with van der Waals surface area (Å²) in [6, 6.07) is 25.2. The van der Waals surface area contributed by atoms with Crippen molar-refractivity contribution in [1.82, 2.24) is 4.90 Å². The van der Waals surface area contributed by atoms with Crippen molar-refractivity contribution in [3.63, 3.8) is 0 Å². The third-order valence-electron chi connectivity index (χ3n) is 7.54. The molecule has 3 aliphatic heterocycles. The summed E-state index contributed by atoms with van der Waals surface area (Å²) in [5.41, 5.74) is 5.29. The van der Waals surface area contributed by atoms with Gasteiger partial charge in [0, 0.05) is 25.2 Å². The summed E-state index contributed by atoms with van der Waals surface area (Å²) < 4.78 is 5.65. The van der Waals surface area contributed by atoms with Crippen LogP contribution < -0.4 is 10.1 Å². The second-order valence-electron chi connectivity index (χ2n) is 9.25. The molecule has 1 saturated heterocycles. The first kappa shape index (κ1) is 19.6. The maximum Gasteiger partial charge on any atom is 0.239 e. The first-order valence-electron chi connectivity index (χ1n) is 11.7. The van der Waals surface area contributed by atoms with E-state index in [1.807, 2.05) is 18.2 Å². The quantitative estimate of drug-likeness (QED) is 0.659. The van der Waals surface area contributed by atoms with Crippen LogP contribution in [-0.4, -0.2) is 37.0 Å². The van der Waals surface area contributed by atoms with Crippen molar-refractivity contribution in [1.29, 1.82) is 0 Å². The highest BCUT2D eigenvalue weighted by Gasteiger charge is 2.54. The molecule has 1 amide bonds. The molecule has 0 saturated carbocycles. The van der Waals surface area contributed by atoms with E-state index in [1.165, 1.54) is 11.1 Å². The van der Waals surface area contributed by atoms with Crippen molar-refractivity contribution >= 4 is 11.6 Å². The maximum atomic E-state index is 13.6. The molecule has 0 bridgehead atoms. The average molecular weight is 425 g/mol. The topological polar surface area (TPSA) is 41.6 Å². The Morgan fingerprint density at radius 1 is 1.03 bits per heavy atom. The van der Waals surface area contributed by atoms with Gasteiger partial charge >= 0.3 is 0 Å². The van der Waals surface area contributed by atoms with Gasteiger partial charge in [0.05, 0.1) is 6.61 Å². The Balaban J connectivity index is 1.26. The summed E-state index contributed by atoms with van der Waals surface area (Å²) >= 11 is 0. The molecule has 4 heteroatoms. The van der Waals surface area contributed by atoms with Gasteiger partial charge in [-0.3, -0.25) is 4.79 Å². The molecule has 3 aliphatic rings. The van der Waals surface area contributed by atoms with Gasteiger partial charge in [0.1, 0.15) is 11.2 Å². The van der Waals surface area contributed by atoms with Gasteiger partial charge in [-0.05, 0) is 59.7 Å². The highest BCUT2D eigenvalue weighted by molar-refractivity contribution is 6.09. The molecule has 6 rings (SSSR count). The summed E-state index contributed by atoms with van der Waals surface area (Å²) in [4.78, 5) is 16.1. The van der Waals surface area contributed by atoms with Crippen LogP contribution in [0.15, 0.2) is 72.8 Å². The Hall–Kier alpha value is -3.11. The molecule has 0 aromatic heterocycles. The van der Waals surface area contributed by atoms with Crippen molar-refractivity contribution < 1.29 is 9.53 Å². The van der Waals surface area contributed by atoms with Crippen LogP contribution in [0.1, 0.15) is 28.7 Å². The number of amides is 1. The molecule has 1 N–H and O–H groups in total. The lowest BCUT2D eigenvalue weighted by molar-refractivity contribution is -0.121. The Kier molecular flexibility index (Phi) is 4.76. The number of fused-ring (bicyclic) bond motifs is 2. The average Bonchev–Trinajstić information content (AvgIpc) is 3.55. The van der Waals surface area contributed by atoms with Crippen LogP contribution in [0.3, 0.4) is 0 Å². The minimum Gasteiger partial charge on any atom is -0.493 e. The van der Waals surface area contributed by atoms with Crippen LogP contribution in [0.5, 0.6) is 5.75 Å². The highest BCUT2D eigenvalue weighted by atomic mass is 16.5. The molecule has 0 spiro atoms. The second kappa shape index (κ2) is 7.79. The van der Waals surface area contributed by atoms with Gasteiger partial charge in [-0.15, -0.1) is 0 Å². The lowest BCUT2D eigenvalue weighted by Crippen LogP contribution is -2.44. The first-order chi connectivity index (χ1) is 15.7. The Morgan fingerprint density at radius 3 is 2.78 bits per heavy atom. The second-order valence-corrected chi connectivity index (χ2v) is 9.25. The zero-order valence-corrected chi connectivity index (χ0v) is 18.2. The summed E-state index contributed by atoms with van der Waals surface area (Å²) in [5.74, 6) is 1.42. The molecule has 32 heavy (non-hydrogen) atoms. The number of carbonyl (C=O) groups is 1. The van der Waals surface area contributed by atoms with Crippen LogP contribution in [-0.2, 0) is 23.1 Å². The van der Waals surface area contributed by atoms with Crippen LogP contribution in [0.4, 0.5) is 5.69 Å². The largest absolute Gasteiger partial charge is 0.493 e. The Bertz CT molecular complexity index is 1160. The number of hydrogen-bond acceptors (Lipinski definition) is 3. The molecule has 4 nitrogen and oxygen atoms in total. The lowest BCUT2D eigenvalue weighted by Gasteiger charge is -2.34. The van der Waals surface area contributed by atoms with E-state index in [-0.39, 0.29) is 11.8 Å². The number of nitrogens with one attached hydrogen (secondary N) is 1. The van der Waals surface area contributed by atoms with E-state index >= 15 is 0 Å². The number of para-hydroxylation sites is 1. The fourth-order valence-corrected chi connectivity index (χ4v) is 5.98. The fraction of sp³-hybridized carbons (Fsp3) is 0.321. The van der Waals surface area contributed by atoms with E-state index in [4.69, 9.17) is 4.74 Å². The number of likely N-dealkylation sites (tertiary alicyclic amines) is 1. The smallest absolute Gasteiger partial charge is 0.239 e. The van der Waals surface area contributed by atoms with Gasteiger partial charge in [-0.1, -0.05) is 60.7 Å². The number of carbonyl (C=O) groups excluding carboxylic acids is 1. The van der Waals surface area contributed by atoms with E-state index < -0.39 is 5.41 Å². The monoisotopic (exact) mass is 424 g/mol. The van der Waals surface area contributed by atoms with Crippen LogP contribution in [0, 0.1) is 5.92 Å². The van der Waals surface area contributed by atoms with E-state index in [9.17, 15) is 4.79 Å². The zero-order valence-electron chi connectivity index (χ0n) is 18.2. The molecule has 3 aromatic carbocycles. The molecule has 1 unspecified atom stereocenters. The van der Waals surface area contributed by atoms with Gasteiger partial charge in [0.25, 0.3) is 0 Å². The molecule has 3 aromatic rings. The number of nitrogens with zero attached hydrogens (tertiary/aromatic N) is 1. The van der Waals surface area contributed by atoms with E-state index in [0.717, 1.165) is 68.1 Å². The summed E-state index contributed by atoms with van der Waals surface area (Å²) in [7, 11) is 0. The highest BCUT2D eigenvalue weighted by Crippen LogP contribution is 2.50. The SMILES string of the molecule is O=C1Nc2ccccc2C1(c1ccccc1)[C@@H]1CCN(CCc2ccc3c(c2)CCO3)C1. The first-order valence-corrected chi connectivity index (χ1v) is 11.7. The predicted octanol–water partition coefficient (Wildman–Crippen LogP) is 4.42. The third-order valence-corrected chi connectivity index (χ3v) is 7.54. The summed E-state index contributed by atoms with van der Waals surface area (Å²) in [6.45, 7) is 3.79. The molecule has 0 radical (unpaired) electrons. The summed E-state index contributed by atoms with van der Waals surface area (Å²) in [6.07, 6.45) is 3.07. The molecular formula is C28H28N2O2. The van der Waals surface area contributed by atoms with Crippen LogP contribution in [0.2, 0.25) is 0 Å². The molecule has 3 heterocycles. The molecule has 2 atom stereocenters. The van der Waals surface area contributed by atoms with E-state index in [1.54, 1.807) is 0 Å². The molecule has 0 aliphatic carbocycles. The third kappa shape index (κ3) is 3.05. The Morgan fingerprint density at radius 2 is 1.88 bits per heavy atom. The molecule has 1 fully saturated rings. The number of benzene rings is 3. The van der Waals surface area contributed by atoms with Crippen molar-refractivity contribution in [2.75, 3.05) is 31.6 Å². The predicted molar refractivity (Wildman–Crippen MR) is 126 cm³/mol. The Labute approximate surface area is 189 Å². The number of ether oxygens (including phenoxy) is 1. The number of hydrogen-bond donors (Lipinski definition) is 1. The van der Waals surface area contributed by atoms with Gasteiger partial charge in [0.15, 0.2) is 0 Å². The molecular weight excluding hydrogens is 396 g/mol. The number of rotatable bonds is 5. The van der Waals surface area contributed by atoms with E-state index in [0.29, 0.717) is 0 Å². The van der Waals surface area contributed by atoms with Crippen molar-refractivity contribution in [3.05, 3.63) is 95.1 Å². The maximum absolute atomic E-state index is 13.6. The normalized spacial score (nSPS) is 24.1. The lowest BCUT2D eigenvalue weighted by atomic mass is 9.66. The van der Waals surface area contributed by atoms with Gasteiger partial charge in [-0.25, -0.2) is 0 Å². The van der Waals surface area contributed by atoms with E-state index in [2.05, 4.69) is 64.8 Å². The van der Waals surface area contributed by atoms with Crippen molar-refractivity contribution in [3.8, 4) is 5.75 Å². The van der Waals surface area contributed by atoms with Crippen LogP contribution in [0.25, 0.3) is 0 Å².